The fourth-order valence-corrected chi connectivity index (χ4v) is 1.70. The summed E-state index contributed by atoms with van der Waals surface area (Å²) in [6.07, 6.45) is 3.24. The van der Waals surface area contributed by atoms with Crippen LogP contribution in [0.15, 0.2) is 0 Å². The Bertz CT molecular complexity index is 424. The fourth-order valence-electron chi connectivity index (χ4n) is 1.70. The topological polar surface area (TPSA) is 47.0 Å². The summed E-state index contributed by atoms with van der Waals surface area (Å²) in [7, 11) is 0. The molecule has 0 atom stereocenters. The van der Waals surface area contributed by atoms with Crippen LogP contribution in [-0.2, 0) is 5.41 Å². The van der Waals surface area contributed by atoms with E-state index in [9.17, 15) is 0 Å². The predicted molar refractivity (Wildman–Crippen MR) is 84.7 cm³/mol. The van der Waals surface area contributed by atoms with Gasteiger partial charge in [0.15, 0.2) is 0 Å². The van der Waals surface area contributed by atoms with Crippen LogP contribution in [0.5, 0.6) is 5.88 Å². The molecule has 0 saturated heterocycles. The molecule has 0 bridgehead atoms. The van der Waals surface area contributed by atoms with Crippen molar-refractivity contribution in [3.8, 4) is 5.88 Å². The van der Waals surface area contributed by atoms with Gasteiger partial charge in [-0.1, -0.05) is 41.0 Å². The second-order valence-electron chi connectivity index (χ2n) is 6.20. The van der Waals surface area contributed by atoms with Crippen LogP contribution in [0.3, 0.4) is 0 Å². The summed E-state index contributed by atoms with van der Waals surface area (Å²) in [6, 6.07) is 0. The van der Waals surface area contributed by atoms with Crippen LogP contribution in [0, 0.1) is 6.92 Å². The van der Waals surface area contributed by atoms with Crippen LogP contribution < -0.4 is 10.1 Å². The monoisotopic (exact) mass is 279 g/mol. The Balaban J connectivity index is 3.06. The Kier molecular flexibility index (Phi) is 6.24. The van der Waals surface area contributed by atoms with Gasteiger partial charge >= 0.3 is 0 Å². The minimum absolute atomic E-state index is 0.0841. The quantitative estimate of drug-likeness (QED) is 0.764. The lowest BCUT2D eigenvalue weighted by atomic mass is 9.95. The molecule has 0 aromatic carbocycles. The third-order valence-corrected chi connectivity index (χ3v) is 3.05. The van der Waals surface area contributed by atoms with Crippen LogP contribution in [0.25, 0.3) is 0 Å². The molecule has 0 saturated carbocycles. The SMILES string of the molecule is CCCCOc1nc(C(C)(C)C)nc(NCCC)c1C. The number of nitrogens with zero attached hydrogens (tertiary/aromatic N) is 2. The number of aromatic nitrogens is 2. The maximum absolute atomic E-state index is 5.84. The molecule has 4 heteroatoms. The molecule has 0 aliphatic carbocycles. The second-order valence-corrected chi connectivity index (χ2v) is 6.20. The zero-order valence-corrected chi connectivity index (χ0v) is 13.8. The minimum Gasteiger partial charge on any atom is -0.477 e. The van der Waals surface area contributed by atoms with Crippen molar-refractivity contribution in [2.24, 2.45) is 0 Å². The number of ether oxygens (including phenoxy) is 1. The van der Waals surface area contributed by atoms with E-state index in [2.05, 4.69) is 49.9 Å². The highest BCUT2D eigenvalue weighted by molar-refractivity contribution is 5.49. The first kappa shape index (κ1) is 16.7. The van der Waals surface area contributed by atoms with Gasteiger partial charge < -0.3 is 10.1 Å². The smallest absolute Gasteiger partial charge is 0.221 e. The van der Waals surface area contributed by atoms with Crippen LogP contribution in [0.1, 0.15) is 65.3 Å². The highest BCUT2D eigenvalue weighted by Gasteiger charge is 2.21. The molecule has 114 valence electrons. The van der Waals surface area contributed by atoms with E-state index in [1.54, 1.807) is 0 Å². The van der Waals surface area contributed by atoms with Crippen molar-refractivity contribution >= 4 is 5.82 Å². The van der Waals surface area contributed by atoms with E-state index in [1.165, 1.54) is 0 Å². The summed E-state index contributed by atoms with van der Waals surface area (Å²) in [5.74, 6) is 2.45. The van der Waals surface area contributed by atoms with Gasteiger partial charge in [0.05, 0.1) is 12.2 Å². The Morgan fingerprint density at radius 1 is 1.10 bits per heavy atom. The van der Waals surface area contributed by atoms with Crippen molar-refractivity contribution in [2.75, 3.05) is 18.5 Å². The first-order valence-corrected chi connectivity index (χ1v) is 7.65. The Labute approximate surface area is 123 Å². The van der Waals surface area contributed by atoms with Gasteiger partial charge in [0.1, 0.15) is 11.6 Å². The molecule has 0 radical (unpaired) electrons. The molecule has 1 N–H and O–H groups in total. The molecule has 0 amide bonds. The normalized spacial score (nSPS) is 11.5. The highest BCUT2D eigenvalue weighted by Crippen LogP contribution is 2.27. The van der Waals surface area contributed by atoms with Gasteiger partial charge in [0, 0.05) is 12.0 Å². The van der Waals surface area contributed by atoms with Crippen molar-refractivity contribution in [3.05, 3.63) is 11.4 Å². The zero-order chi connectivity index (χ0) is 15.2. The summed E-state index contributed by atoms with van der Waals surface area (Å²) < 4.78 is 5.84. The van der Waals surface area contributed by atoms with E-state index in [-0.39, 0.29) is 5.41 Å². The molecule has 1 aromatic heterocycles. The molecule has 0 aliphatic rings. The molecule has 0 unspecified atom stereocenters. The van der Waals surface area contributed by atoms with E-state index in [0.717, 1.165) is 48.9 Å². The Morgan fingerprint density at radius 3 is 2.35 bits per heavy atom. The third-order valence-electron chi connectivity index (χ3n) is 3.05. The number of anilines is 1. The molecule has 4 nitrogen and oxygen atoms in total. The summed E-state index contributed by atoms with van der Waals surface area (Å²) in [4.78, 5) is 9.28. The zero-order valence-electron chi connectivity index (χ0n) is 13.8. The van der Waals surface area contributed by atoms with E-state index >= 15 is 0 Å². The predicted octanol–water partition coefficient (Wildman–Crippen LogP) is 4.08. The van der Waals surface area contributed by atoms with E-state index in [0.29, 0.717) is 6.61 Å². The molecule has 1 aromatic rings. The maximum Gasteiger partial charge on any atom is 0.221 e. The van der Waals surface area contributed by atoms with Gasteiger partial charge in [0.2, 0.25) is 5.88 Å². The lowest BCUT2D eigenvalue weighted by Gasteiger charge is -2.21. The Hall–Kier alpha value is -1.32. The van der Waals surface area contributed by atoms with Crippen LogP contribution >= 0.6 is 0 Å². The van der Waals surface area contributed by atoms with Crippen LogP contribution in [-0.4, -0.2) is 23.1 Å². The van der Waals surface area contributed by atoms with Crippen molar-refractivity contribution in [2.45, 2.75) is 66.2 Å². The summed E-state index contributed by atoms with van der Waals surface area (Å²) in [6.45, 7) is 14.3. The highest BCUT2D eigenvalue weighted by atomic mass is 16.5. The maximum atomic E-state index is 5.84. The molecule has 0 aliphatic heterocycles. The van der Waals surface area contributed by atoms with Crippen molar-refractivity contribution in [1.29, 1.82) is 0 Å². The van der Waals surface area contributed by atoms with E-state index in [4.69, 9.17) is 4.74 Å². The third kappa shape index (κ3) is 4.66. The summed E-state index contributed by atoms with van der Waals surface area (Å²) in [5, 5.41) is 3.37. The lowest BCUT2D eigenvalue weighted by molar-refractivity contribution is 0.292. The summed E-state index contributed by atoms with van der Waals surface area (Å²) in [5.41, 5.74) is 0.918. The molecular formula is C16H29N3O. The van der Waals surface area contributed by atoms with Crippen molar-refractivity contribution in [3.63, 3.8) is 0 Å². The van der Waals surface area contributed by atoms with Crippen LogP contribution in [0.2, 0.25) is 0 Å². The van der Waals surface area contributed by atoms with Gasteiger partial charge in [-0.15, -0.1) is 0 Å². The van der Waals surface area contributed by atoms with Crippen LogP contribution in [0.4, 0.5) is 5.82 Å². The average Bonchev–Trinajstić information content (AvgIpc) is 2.38. The molecule has 0 spiro atoms. The Morgan fingerprint density at radius 2 is 1.80 bits per heavy atom. The summed E-state index contributed by atoms with van der Waals surface area (Å²) >= 11 is 0. The van der Waals surface area contributed by atoms with Gasteiger partial charge in [-0.3, -0.25) is 0 Å². The van der Waals surface area contributed by atoms with E-state index in [1.807, 2.05) is 6.92 Å². The largest absolute Gasteiger partial charge is 0.477 e. The number of nitrogens with one attached hydrogen (secondary N) is 1. The molecule has 1 heterocycles. The molecule has 1 rings (SSSR count). The molecular weight excluding hydrogens is 250 g/mol. The standard InChI is InChI=1S/C16H29N3O/c1-7-9-11-20-14-12(3)13(17-10-8-2)18-15(19-14)16(4,5)6/h7-11H2,1-6H3,(H,17,18,19). The molecule has 0 fully saturated rings. The van der Waals surface area contributed by atoms with E-state index < -0.39 is 0 Å². The number of hydrogen-bond donors (Lipinski definition) is 1. The number of rotatable bonds is 7. The van der Waals surface area contributed by atoms with Gasteiger partial charge in [0.25, 0.3) is 0 Å². The lowest BCUT2D eigenvalue weighted by Crippen LogP contribution is -2.19. The number of hydrogen-bond acceptors (Lipinski definition) is 4. The van der Waals surface area contributed by atoms with Gasteiger partial charge in [-0.2, -0.15) is 4.98 Å². The first-order chi connectivity index (χ1) is 9.40. The minimum atomic E-state index is -0.0841. The molecule has 20 heavy (non-hydrogen) atoms. The average molecular weight is 279 g/mol. The van der Waals surface area contributed by atoms with Gasteiger partial charge in [-0.05, 0) is 19.8 Å². The van der Waals surface area contributed by atoms with Crippen molar-refractivity contribution < 1.29 is 4.74 Å². The van der Waals surface area contributed by atoms with Crippen molar-refractivity contribution in [1.82, 2.24) is 9.97 Å². The number of unbranched alkanes of at least 4 members (excludes halogenated alkanes) is 1. The first-order valence-electron chi connectivity index (χ1n) is 7.65. The second kappa shape index (κ2) is 7.46. The fraction of sp³-hybridized carbons (Fsp3) is 0.750. The van der Waals surface area contributed by atoms with Gasteiger partial charge in [-0.25, -0.2) is 4.98 Å².